The number of carbonyl (C=O) groups is 1. The number of aromatic nitrogens is 2. The third kappa shape index (κ3) is 7.52. The molecule has 9 nitrogen and oxygen atoms in total. The summed E-state index contributed by atoms with van der Waals surface area (Å²) in [7, 11) is 1.54. The Labute approximate surface area is 208 Å². The summed E-state index contributed by atoms with van der Waals surface area (Å²) in [5.74, 6) is -1.41. The average Bonchev–Trinajstić information content (AvgIpc) is 2.85. The number of carbonyl (C=O) groups excluding carboxylic acids is 1. The van der Waals surface area contributed by atoms with E-state index < -0.39 is 23.8 Å². The van der Waals surface area contributed by atoms with E-state index in [1.54, 1.807) is 0 Å². The summed E-state index contributed by atoms with van der Waals surface area (Å²) < 4.78 is 56.2. The standard InChI is InChI=1S/C24H21F4N7O2/c1-3-21(36)32-15-6-9-19(25)20(10-15)34-22-18(13-31-23(35-22)33-16(11-29)12-30-2)14-4-7-17(8-5-14)37-24(26,27)28/h3-13H,1,29H2,2H3,(H,32,36)(H2,31,33,34,35)/b16-11+,30-12?. The largest absolute Gasteiger partial charge is 0.573 e. The van der Waals surface area contributed by atoms with Gasteiger partial charge in [-0.2, -0.15) is 4.98 Å². The second-order valence-corrected chi connectivity index (χ2v) is 7.18. The topological polar surface area (TPSA) is 127 Å². The lowest BCUT2D eigenvalue weighted by Gasteiger charge is -2.15. The van der Waals surface area contributed by atoms with Crippen molar-refractivity contribution in [1.29, 1.82) is 0 Å². The number of nitrogens with two attached hydrogens (primary N) is 1. The van der Waals surface area contributed by atoms with Gasteiger partial charge < -0.3 is 26.4 Å². The van der Waals surface area contributed by atoms with Gasteiger partial charge in [0.15, 0.2) is 0 Å². The molecule has 0 aliphatic heterocycles. The van der Waals surface area contributed by atoms with Crippen molar-refractivity contribution in [2.45, 2.75) is 6.36 Å². The highest BCUT2D eigenvalue weighted by Gasteiger charge is 2.31. The lowest BCUT2D eigenvalue weighted by Crippen LogP contribution is -2.16. The lowest BCUT2D eigenvalue weighted by atomic mass is 10.1. The van der Waals surface area contributed by atoms with Gasteiger partial charge in [0.1, 0.15) is 17.4 Å². The fourth-order valence-electron chi connectivity index (χ4n) is 2.99. The van der Waals surface area contributed by atoms with Crippen LogP contribution in [0.3, 0.4) is 0 Å². The van der Waals surface area contributed by atoms with Crippen LogP contribution in [-0.2, 0) is 4.79 Å². The van der Waals surface area contributed by atoms with Gasteiger partial charge in [0.05, 0.1) is 11.4 Å². The number of hydrogen-bond acceptors (Lipinski definition) is 8. The number of anilines is 4. The Morgan fingerprint density at radius 2 is 1.89 bits per heavy atom. The van der Waals surface area contributed by atoms with Gasteiger partial charge in [0.25, 0.3) is 0 Å². The summed E-state index contributed by atoms with van der Waals surface area (Å²) >= 11 is 0. The maximum absolute atomic E-state index is 14.7. The van der Waals surface area contributed by atoms with E-state index >= 15 is 0 Å². The van der Waals surface area contributed by atoms with E-state index in [0.29, 0.717) is 16.8 Å². The van der Waals surface area contributed by atoms with E-state index in [0.717, 1.165) is 24.3 Å². The minimum absolute atomic E-state index is 0.0468. The van der Waals surface area contributed by atoms with Crippen molar-refractivity contribution in [3.05, 3.63) is 79.0 Å². The van der Waals surface area contributed by atoms with Gasteiger partial charge in [-0.15, -0.1) is 13.2 Å². The van der Waals surface area contributed by atoms with Crippen LogP contribution in [0.5, 0.6) is 5.75 Å². The van der Waals surface area contributed by atoms with Crippen molar-refractivity contribution in [3.63, 3.8) is 0 Å². The van der Waals surface area contributed by atoms with E-state index in [1.165, 1.54) is 49.9 Å². The summed E-state index contributed by atoms with van der Waals surface area (Å²) in [5, 5.41) is 8.22. The van der Waals surface area contributed by atoms with Crippen LogP contribution in [0, 0.1) is 5.82 Å². The normalized spacial score (nSPS) is 11.8. The minimum Gasteiger partial charge on any atom is -0.406 e. The molecule has 1 aromatic heterocycles. The van der Waals surface area contributed by atoms with Crippen molar-refractivity contribution >= 4 is 35.3 Å². The molecule has 0 aliphatic rings. The zero-order chi connectivity index (χ0) is 27.0. The van der Waals surface area contributed by atoms with Crippen LogP contribution in [0.2, 0.25) is 0 Å². The molecule has 13 heteroatoms. The van der Waals surface area contributed by atoms with Gasteiger partial charge >= 0.3 is 6.36 Å². The average molecular weight is 515 g/mol. The number of benzene rings is 2. The molecule has 192 valence electrons. The van der Waals surface area contributed by atoms with Crippen molar-refractivity contribution in [2.24, 2.45) is 10.7 Å². The summed E-state index contributed by atoms with van der Waals surface area (Å²) in [6.45, 7) is 3.37. The van der Waals surface area contributed by atoms with Gasteiger partial charge in [-0.25, -0.2) is 9.37 Å². The Balaban J connectivity index is 2.03. The molecule has 0 atom stereocenters. The van der Waals surface area contributed by atoms with Crippen LogP contribution in [-0.4, -0.2) is 35.5 Å². The van der Waals surface area contributed by atoms with E-state index in [1.807, 2.05) is 0 Å². The zero-order valence-electron chi connectivity index (χ0n) is 19.3. The van der Waals surface area contributed by atoms with Crippen LogP contribution >= 0.6 is 0 Å². The van der Waals surface area contributed by atoms with E-state index in [2.05, 4.69) is 42.2 Å². The Kier molecular flexibility index (Phi) is 8.40. The fourth-order valence-corrected chi connectivity index (χ4v) is 2.99. The molecule has 0 spiro atoms. The first-order chi connectivity index (χ1) is 17.6. The Morgan fingerprint density at radius 1 is 1.16 bits per heavy atom. The van der Waals surface area contributed by atoms with Crippen LogP contribution in [0.25, 0.3) is 11.1 Å². The van der Waals surface area contributed by atoms with Gasteiger partial charge in [0, 0.05) is 36.9 Å². The minimum atomic E-state index is -4.84. The summed E-state index contributed by atoms with van der Waals surface area (Å²) in [4.78, 5) is 24.1. The molecule has 0 bridgehead atoms. The zero-order valence-corrected chi connectivity index (χ0v) is 19.3. The molecule has 3 rings (SSSR count). The molecule has 5 N–H and O–H groups in total. The molecule has 1 heterocycles. The van der Waals surface area contributed by atoms with Crippen LogP contribution in [0.4, 0.5) is 40.7 Å². The first kappa shape index (κ1) is 26.7. The highest BCUT2D eigenvalue weighted by atomic mass is 19.4. The number of amides is 1. The monoisotopic (exact) mass is 515 g/mol. The smallest absolute Gasteiger partial charge is 0.406 e. The van der Waals surface area contributed by atoms with E-state index in [4.69, 9.17) is 5.73 Å². The van der Waals surface area contributed by atoms with Crippen molar-refractivity contribution in [2.75, 3.05) is 23.0 Å². The molecule has 37 heavy (non-hydrogen) atoms. The number of aliphatic imine (C=N–C) groups is 1. The number of rotatable bonds is 9. The highest BCUT2D eigenvalue weighted by Crippen LogP contribution is 2.33. The van der Waals surface area contributed by atoms with Gasteiger partial charge in [-0.3, -0.25) is 9.79 Å². The number of hydrogen-bond donors (Lipinski definition) is 4. The van der Waals surface area contributed by atoms with Crippen molar-refractivity contribution in [1.82, 2.24) is 9.97 Å². The highest BCUT2D eigenvalue weighted by molar-refractivity contribution is 5.99. The maximum Gasteiger partial charge on any atom is 0.573 e. The third-order valence-electron chi connectivity index (χ3n) is 4.56. The van der Waals surface area contributed by atoms with Crippen LogP contribution in [0.15, 0.2) is 78.2 Å². The molecule has 3 aromatic rings. The predicted octanol–water partition coefficient (Wildman–Crippen LogP) is 4.96. The molecule has 1 amide bonds. The van der Waals surface area contributed by atoms with E-state index in [9.17, 15) is 22.4 Å². The van der Waals surface area contributed by atoms with E-state index in [-0.39, 0.29) is 23.1 Å². The lowest BCUT2D eigenvalue weighted by molar-refractivity contribution is -0.274. The van der Waals surface area contributed by atoms with Crippen LogP contribution in [0.1, 0.15) is 0 Å². The van der Waals surface area contributed by atoms with Crippen LogP contribution < -0.4 is 26.4 Å². The molecular weight excluding hydrogens is 494 g/mol. The predicted molar refractivity (Wildman–Crippen MR) is 133 cm³/mol. The Hall–Kier alpha value is -4.94. The van der Waals surface area contributed by atoms with Gasteiger partial charge in [0.2, 0.25) is 11.9 Å². The SMILES string of the molecule is C=CC(=O)Nc1ccc(F)c(Nc2nc(N/C(C=NC)=C/N)ncc2-c2ccc(OC(F)(F)F)cc2)c1. The molecule has 0 radical (unpaired) electrons. The second-order valence-electron chi connectivity index (χ2n) is 7.18. The first-order valence-electron chi connectivity index (χ1n) is 10.5. The Bertz CT molecular complexity index is 1340. The third-order valence-corrected chi connectivity index (χ3v) is 4.56. The van der Waals surface area contributed by atoms with Gasteiger partial charge in [-0.1, -0.05) is 18.7 Å². The number of ether oxygens (including phenoxy) is 1. The quantitative estimate of drug-likeness (QED) is 0.180. The molecule has 2 aromatic carbocycles. The van der Waals surface area contributed by atoms with Gasteiger partial charge in [-0.05, 0) is 42.0 Å². The second kappa shape index (κ2) is 11.7. The molecule has 0 saturated carbocycles. The van der Waals surface area contributed by atoms with Crippen molar-refractivity contribution in [3.8, 4) is 16.9 Å². The Morgan fingerprint density at radius 3 is 2.51 bits per heavy atom. The molecule has 0 fully saturated rings. The molecule has 0 saturated heterocycles. The maximum atomic E-state index is 14.7. The number of allylic oxidation sites excluding steroid dienone is 1. The fraction of sp³-hybridized carbons (Fsp3) is 0.0833. The summed E-state index contributed by atoms with van der Waals surface area (Å²) in [5.41, 5.74) is 6.90. The molecular formula is C24H21F4N7O2. The number of halogens is 4. The molecule has 0 aliphatic carbocycles. The summed E-state index contributed by atoms with van der Waals surface area (Å²) in [6, 6.07) is 8.81. The number of alkyl halides is 3. The first-order valence-corrected chi connectivity index (χ1v) is 10.5. The number of nitrogens with one attached hydrogen (secondary N) is 3. The van der Waals surface area contributed by atoms with Crippen molar-refractivity contribution < 1.29 is 27.1 Å². The number of nitrogens with zero attached hydrogens (tertiary/aromatic N) is 3. The molecule has 0 unspecified atom stereocenters. The summed E-state index contributed by atoms with van der Waals surface area (Å²) in [6.07, 6.45) is 0.266.